The van der Waals surface area contributed by atoms with Crippen molar-refractivity contribution in [3.05, 3.63) is 83.9 Å². The van der Waals surface area contributed by atoms with Gasteiger partial charge in [0.15, 0.2) is 0 Å². The van der Waals surface area contributed by atoms with Gasteiger partial charge < -0.3 is 10.1 Å². The molecule has 1 atom stereocenters. The number of benzene rings is 2. The van der Waals surface area contributed by atoms with E-state index in [-0.39, 0.29) is 11.7 Å². The summed E-state index contributed by atoms with van der Waals surface area (Å²) >= 11 is 0. The van der Waals surface area contributed by atoms with Gasteiger partial charge in [0.05, 0.1) is 12.5 Å². The summed E-state index contributed by atoms with van der Waals surface area (Å²) in [6.07, 6.45) is 5.88. The molecule has 1 aliphatic rings. The zero-order valence-electron chi connectivity index (χ0n) is 19.2. The highest BCUT2D eigenvalue weighted by atomic mass is 19.1. The number of methoxy groups -OCH3 is 1. The fraction of sp³-hybridized carbons (Fsp3) is 0.333. The molecule has 1 saturated heterocycles. The normalized spacial score (nSPS) is 18.6. The van der Waals surface area contributed by atoms with Crippen LogP contribution in [-0.4, -0.2) is 43.0 Å². The topological polar surface area (TPSA) is 54.5 Å². The van der Waals surface area contributed by atoms with Crippen LogP contribution in [0.2, 0.25) is 0 Å². The van der Waals surface area contributed by atoms with Gasteiger partial charge in [0.1, 0.15) is 11.6 Å². The number of rotatable bonds is 7. The van der Waals surface area contributed by atoms with Gasteiger partial charge in [-0.1, -0.05) is 36.4 Å². The van der Waals surface area contributed by atoms with Crippen LogP contribution >= 0.6 is 0 Å². The summed E-state index contributed by atoms with van der Waals surface area (Å²) in [7, 11) is 3.22. The van der Waals surface area contributed by atoms with Crippen LogP contribution in [0.15, 0.2) is 67.0 Å². The van der Waals surface area contributed by atoms with E-state index in [9.17, 15) is 9.18 Å². The van der Waals surface area contributed by atoms with Crippen molar-refractivity contribution in [2.75, 3.05) is 27.2 Å². The molecule has 2 aromatic carbocycles. The molecule has 0 bridgehead atoms. The standard InChI is InChI=1S/C27H30FN3O2/c1-29-26(32)27(16-20-7-3-4-9-24(20)21-8-5-13-30-17-21)12-6-14-31(19-27)18-22-10-11-23(33-2)15-25(22)28/h3-5,7-11,13,15,17H,6,12,14,16,18-19H2,1-2H3,(H,29,32)/t27-/m1/s1. The zero-order chi connectivity index (χ0) is 23.3. The van der Waals surface area contributed by atoms with Crippen LogP contribution in [0, 0.1) is 11.2 Å². The van der Waals surface area contributed by atoms with Crippen LogP contribution in [0.5, 0.6) is 5.75 Å². The van der Waals surface area contributed by atoms with Gasteiger partial charge in [-0.2, -0.15) is 0 Å². The van der Waals surface area contributed by atoms with E-state index in [4.69, 9.17) is 4.74 Å². The summed E-state index contributed by atoms with van der Waals surface area (Å²) in [5.41, 5.74) is 3.26. The number of nitrogens with zero attached hydrogens (tertiary/aromatic N) is 2. The fourth-order valence-electron chi connectivity index (χ4n) is 4.90. The second-order valence-corrected chi connectivity index (χ2v) is 8.71. The molecule has 1 aromatic heterocycles. The van der Waals surface area contributed by atoms with E-state index in [1.165, 1.54) is 13.2 Å². The van der Waals surface area contributed by atoms with Gasteiger partial charge in [0.2, 0.25) is 5.91 Å². The highest BCUT2D eigenvalue weighted by molar-refractivity contribution is 5.83. The van der Waals surface area contributed by atoms with Crippen molar-refractivity contribution >= 4 is 5.91 Å². The fourth-order valence-corrected chi connectivity index (χ4v) is 4.90. The van der Waals surface area contributed by atoms with Crippen LogP contribution in [0.1, 0.15) is 24.0 Å². The highest BCUT2D eigenvalue weighted by Gasteiger charge is 2.42. The average molecular weight is 448 g/mol. The van der Waals surface area contributed by atoms with Crippen LogP contribution in [0.4, 0.5) is 4.39 Å². The molecule has 1 amide bonds. The third-order valence-electron chi connectivity index (χ3n) is 6.54. The molecular formula is C27H30FN3O2. The summed E-state index contributed by atoms with van der Waals surface area (Å²) in [6.45, 7) is 1.85. The monoisotopic (exact) mass is 447 g/mol. The van der Waals surface area contributed by atoms with Gasteiger partial charge >= 0.3 is 0 Å². The molecule has 0 saturated carbocycles. The SMILES string of the molecule is CNC(=O)[C@@]1(Cc2ccccc2-c2cccnc2)CCCN(Cc2ccc(OC)cc2F)C1. The van der Waals surface area contributed by atoms with Crippen molar-refractivity contribution in [2.24, 2.45) is 5.41 Å². The maximum atomic E-state index is 14.6. The molecule has 4 rings (SSSR count). The highest BCUT2D eigenvalue weighted by Crippen LogP contribution is 2.37. The van der Waals surface area contributed by atoms with E-state index in [1.54, 1.807) is 25.4 Å². The minimum atomic E-state index is -0.589. The number of carbonyl (C=O) groups is 1. The first-order valence-electron chi connectivity index (χ1n) is 11.3. The van der Waals surface area contributed by atoms with E-state index in [0.717, 1.165) is 36.1 Å². The first-order chi connectivity index (χ1) is 16.0. The first-order valence-corrected chi connectivity index (χ1v) is 11.3. The van der Waals surface area contributed by atoms with Gasteiger partial charge in [0.25, 0.3) is 0 Å². The maximum Gasteiger partial charge on any atom is 0.227 e. The Kier molecular flexibility index (Phi) is 7.04. The van der Waals surface area contributed by atoms with Gasteiger partial charge in [-0.3, -0.25) is 14.7 Å². The Morgan fingerprint density at radius 2 is 2.03 bits per heavy atom. The molecule has 1 aliphatic heterocycles. The smallest absolute Gasteiger partial charge is 0.227 e. The lowest BCUT2D eigenvalue weighted by Crippen LogP contribution is -2.52. The number of pyridine rings is 1. The Hall–Kier alpha value is -3.25. The Morgan fingerprint density at radius 3 is 2.76 bits per heavy atom. The Morgan fingerprint density at radius 1 is 1.18 bits per heavy atom. The van der Waals surface area contributed by atoms with E-state index in [1.807, 2.05) is 30.5 Å². The molecule has 3 aromatic rings. The number of hydrogen-bond acceptors (Lipinski definition) is 4. The second kappa shape index (κ2) is 10.1. The lowest BCUT2D eigenvalue weighted by atomic mass is 9.73. The predicted octanol–water partition coefficient (Wildman–Crippen LogP) is 4.47. The lowest BCUT2D eigenvalue weighted by Gasteiger charge is -2.42. The number of halogens is 1. The molecule has 5 nitrogen and oxygen atoms in total. The maximum absolute atomic E-state index is 14.6. The number of ether oxygens (including phenoxy) is 1. The molecule has 2 heterocycles. The van der Waals surface area contributed by atoms with Crippen LogP contribution in [0.3, 0.4) is 0 Å². The minimum absolute atomic E-state index is 0.0309. The van der Waals surface area contributed by atoms with E-state index in [2.05, 4.69) is 27.3 Å². The van der Waals surface area contributed by atoms with Crippen molar-refractivity contribution in [3.63, 3.8) is 0 Å². The minimum Gasteiger partial charge on any atom is -0.497 e. The predicted molar refractivity (Wildman–Crippen MR) is 127 cm³/mol. The molecule has 0 unspecified atom stereocenters. The molecule has 0 spiro atoms. The molecule has 0 radical (unpaired) electrons. The molecule has 0 aliphatic carbocycles. The zero-order valence-corrected chi connectivity index (χ0v) is 19.2. The number of likely N-dealkylation sites (tertiary alicyclic amines) is 1. The summed E-state index contributed by atoms with van der Waals surface area (Å²) in [4.78, 5) is 19.7. The Bertz CT molecular complexity index is 1110. The molecule has 1 N–H and O–H groups in total. The van der Waals surface area contributed by atoms with Crippen molar-refractivity contribution in [2.45, 2.75) is 25.8 Å². The number of hydrogen-bond donors (Lipinski definition) is 1. The molecule has 1 fully saturated rings. The first kappa shape index (κ1) is 22.9. The summed E-state index contributed by atoms with van der Waals surface area (Å²) in [6, 6.07) is 17.1. The average Bonchev–Trinajstić information content (AvgIpc) is 2.86. The number of nitrogens with one attached hydrogen (secondary N) is 1. The number of piperidine rings is 1. The van der Waals surface area contributed by atoms with Gasteiger partial charge in [-0.05, 0) is 49.1 Å². The Labute approximate surface area is 194 Å². The molecule has 33 heavy (non-hydrogen) atoms. The van der Waals surface area contributed by atoms with Crippen LogP contribution in [-0.2, 0) is 17.8 Å². The quantitative estimate of drug-likeness (QED) is 0.581. The third kappa shape index (κ3) is 5.06. The number of aromatic nitrogens is 1. The molecular weight excluding hydrogens is 417 g/mol. The van der Waals surface area contributed by atoms with Gasteiger partial charge in [-0.25, -0.2) is 4.39 Å². The van der Waals surface area contributed by atoms with E-state index in [0.29, 0.717) is 30.8 Å². The van der Waals surface area contributed by atoms with Crippen molar-refractivity contribution in [1.29, 1.82) is 0 Å². The lowest BCUT2D eigenvalue weighted by molar-refractivity contribution is -0.134. The van der Waals surface area contributed by atoms with E-state index < -0.39 is 5.41 Å². The Balaban J connectivity index is 1.61. The molecule has 6 heteroatoms. The third-order valence-corrected chi connectivity index (χ3v) is 6.54. The van der Waals surface area contributed by atoms with Crippen molar-refractivity contribution in [1.82, 2.24) is 15.2 Å². The number of carbonyl (C=O) groups excluding carboxylic acids is 1. The number of amides is 1. The largest absolute Gasteiger partial charge is 0.497 e. The van der Waals surface area contributed by atoms with Crippen LogP contribution in [0.25, 0.3) is 11.1 Å². The molecule has 172 valence electrons. The van der Waals surface area contributed by atoms with Crippen molar-refractivity contribution in [3.8, 4) is 16.9 Å². The summed E-state index contributed by atoms with van der Waals surface area (Å²) in [5.74, 6) is 0.248. The van der Waals surface area contributed by atoms with Crippen molar-refractivity contribution < 1.29 is 13.9 Å². The second-order valence-electron chi connectivity index (χ2n) is 8.71. The van der Waals surface area contributed by atoms with Crippen LogP contribution < -0.4 is 10.1 Å². The van der Waals surface area contributed by atoms with Gasteiger partial charge in [0, 0.05) is 49.7 Å². The van der Waals surface area contributed by atoms with Gasteiger partial charge in [-0.15, -0.1) is 0 Å². The summed E-state index contributed by atoms with van der Waals surface area (Å²) in [5, 5.41) is 2.90. The summed E-state index contributed by atoms with van der Waals surface area (Å²) < 4.78 is 19.7. The van der Waals surface area contributed by atoms with E-state index >= 15 is 0 Å².